The smallest absolute Gasteiger partial charge is 0.356 e. The summed E-state index contributed by atoms with van der Waals surface area (Å²) in [6, 6.07) is 12.7. The minimum Gasteiger partial charge on any atom is -0.476 e. The van der Waals surface area contributed by atoms with Crippen LogP contribution in [0.3, 0.4) is 0 Å². The monoisotopic (exact) mass is 444 g/mol. The fraction of sp³-hybridized carbons (Fsp3) is 0.158. The third-order valence-electron chi connectivity index (χ3n) is 4.14. The van der Waals surface area contributed by atoms with E-state index in [1.54, 1.807) is 35.9 Å². The zero-order valence-corrected chi connectivity index (χ0v) is 17.3. The zero-order valence-electron chi connectivity index (χ0n) is 14.2. The average molecular weight is 446 g/mol. The number of carbonyl (C=O) groups is 1. The number of carboxylic acid groups (broad SMARTS) is 1. The Morgan fingerprint density at radius 2 is 1.70 bits per heavy atom. The van der Waals surface area contributed by atoms with Crippen LogP contribution >= 0.6 is 47.2 Å². The van der Waals surface area contributed by atoms with E-state index in [0.717, 1.165) is 16.8 Å². The van der Waals surface area contributed by atoms with Crippen molar-refractivity contribution in [2.75, 3.05) is 0 Å². The van der Waals surface area contributed by atoms with E-state index < -0.39 is 5.97 Å². The maximum absolute atomic E-state index is 11.5. The third kappa shape index (κ3) is 4.96. The molecule has 1 N–H and O–H groups in total. The molecule has 0 aliphatic carbocycles. The van der Waals surface area contributed by atoms with Gasteiger partial charge < -0.3 is 5.11 Å². The molecule has 1 heterocycles. The van der Waals surface area contributed by atoms with E-state index in [-0.39, 0.29) is 18.1 Å². The van der Waals surface area contributed by atoms with Crippen LogP contribution in [0.25, 0.3) is 0 Å². The van der Waals surface area contributed by atoms with Gasteiger partial charge in [-0.05, 0) is 42.3 Å². The maximum atomic E-state index is 11.5. The van der Waals surface area contributed by atoms with Crippen molar-refractivity contribution in [1.82, 2.24) is 9.78 Å². The van der Waals surface area contributed by atoms with Crippen LogP contribution in [0.5, 0.6) is 0 Å². The van der Waals surface area contributed by atoms with Gasteiger partial charge in [-0.1, -0.05) is 53.0 Å². The SMILES string of the molecule is Cc1c(C(=O)O)nn(Cc2ccc(Cl)cc2Cl)c1Cc1ccc(Cl)cc1.Cl. The Kier molecular flexibility index (Phi) is 7.18. The third-order valence-corrected chi connectivity index (χ3v) is 4.98. The maximum Gasteiger partial charge on any atom is 0.356 e. The molecule has 27 heavy (non-hydrogen) atoms. The lowest BCUT2D eigenvalue weighted by atomic mass is 10.1. The second-order valence-corrected chi connectivity index (χ2v) is 7.20. The topological polar surface area (TPSA) is 55.1 Å². The lowest BCUT2D eigenvalue weighted by Gasteiger charge is -2.10. The van der Waals surface area contributed by atoms with Gasteiger partial charge in [0.1, 0.15) is 0 Å². The van der Waals surface area contributed by atoms with Gasteiger partial charge in [0, 0.05) is 32.7 Å². The van der Waals surface area contributed by atoms with E-state index in [9.17, 15) is 9.90 Å². The number of rotatable bonds is 5. The van der Waals surface area contributed by atoms with E-state index in [1.165, 1.54) is 0 Å². The van der Waals surface area contributed by atoms with Gasteiger partial charge in [0.2, 0.25) is 0 Å². The first-order chi connectivity index (χ1) is 12.3. The minimum absolute atomic E-state index is 0. The van der Waals surface area contributed by atoms with Crippen molar-refractivity contribution in [3.8, 4) is 0 Å². The first kappa shape index (κ1) is 21.6. The van der Waals surface area contributed by atoms with Gasteiger partial charge in [-0.3, -0.25) is 4.68 Å². The average Bonchev–Trinajstić information content (AvgIpc) is 2.89. The highest BCUT2D eigenvalue weighted by Gasteiger charge is 2.20. The number of benzene rings is 2. The number of halogens is 4. The van der Waals surface area contributed by atoms with Crippen molar-refractivity contribution in [2.24, 2.45) is 0 Å². The molecule has 3 rings (SSSR count). The van der Waals surface area contributed by atoms with Gasteiger partial charge in [0.25, 0.3) is 0 Å². The lowest BCUT2D eigenvalue weighted by Crippen LogP contribution is -2.08. The van der Waals surface area contributed by atoms with Crippen molar-refractivity contribution in [3.05, 3.63) is 85.6 Å². The molecule has 0 saturated heterocycles. The number of aromatic carboxylic acids is 1. The zero-order chi connectivity index (χ0) is 18.8. The summed E-state index contributed by atoms with van der Waals surface area (Å²) in [7, 11) is 0. The molecule has 0 amide bonds. The second kappa shape index (κ2) is 8.98. The largest absolute Gasteiger partial charge is 0.476 e. The standard InChI is InChI=1S/C19H15Cl3N2O2.ClH/c1-11-17(8-12-2-5-14(20)6-3-12)24(23-18(11)19(25)26)10-13-4-7-15(21)9-16(13)22;/h2-7,9H,8,10H2,1H3,(H,25,26);1H. The first-order valence-electron chi connectivity index (χ1n) is 7.83. The summed E-state index contributed by atoms with van der Waals surface area (Å²) in [6.45, 7) is 2.12. The number of aromatic nitrogens is 2. The van der Waals surface area contributed by atoms with Crippen LogP contribution in [-0.2, 0) is 13.0 Å². The highest BCUT2D eigenvalue weighted by atomic mass is 35.5. The molecule has 0 unspecified atom stereocenters. The molecule has 1 aromatic heterocycles. The van der Waals surface area contributed by atoms with Gasteiger partial charge >= 0.3 is 5.97 Å². The van der Waals surface area contributed by atoms with Crippen LogP contribution in [0.2, 0.25) is 15.1 Å². The Morgan fingerprint density at radius 3 is 2.30 bits per heavy atom. The normalized spacial score (nSPS) is 10.5. The van der Waals surface area contributed by atoms with Crippen molar-refractivity contribution in [3.63, 3.8) is 0 Å². The van der Waals surface area contributed by atoms with Gasteiger partial charge in [0.05, 0.1) is 6.54 Å². The molecule has 0 spiro atoms. The van der Waals surface area contributed by atoms with Crippen LogP contribution in [-0.4, -0.2) is 20.9 Å². The highest BCUT2D eigenvalue weighted by molar-refractivity contribution is 6.35. The Labute approximate surface area is 178 Å². The summed E-state index contributed by atoms with van der Waals surface area (Å²) in [5.41, 5.74) is 3.32. The second-order valence-electron chi connectivity index (χ2n) is 5.92. The fourth-order valence-corrected chi connectivity index (χ4v) is 3.35. The van der Waals surface area contributed by atoms with E-state index >= 15 is 0 Å². The number of nitrogens with zero attached hydrogens (tertiary/aromatic N) is 2. The molecule has 8 heteroatoms. The Morgan fingerprint density at radius 1 is 1.07 bits per heavy atom. The molecule has 0 saturated carbocycles. The Hall–Kier alpha value is -1.72. The molecule has 142 valence electrons. The molecule has 4 nitrogen and oxygen atoms in total. The van der Waals surface area contributed by atoms with Gasteiger partial charge in [-0.15, -0.1) is 12.4 Å². The predicted molar refractivity (Wildman–Crippen MR) is 111 cm³/mol. The van der Waals surface area contributed by atoms with Crippen molar-refractivity contribution in [2.45, 2.75) is 19.9 Å². The number of hydrogen-bond acceptors (Lipinski definition) is 2. The van der Waals surface area contributed by atoms with Crippen molar-refractivity contribution >= 4 is 53.2 Å². The van der Waals surface area contributed by atoms with Crippen LogP contribution < -0.4 is 0 Å². The summed E-state index contributed by atoms with van der Waals surface area (Å²) in [4.78, 5) is 11.5. The van der Waals surface area contributed by atoms with Crippen molar-refractivity contribution < 1.29 is 9.90 Å². The lowest BCUT2D eigenvalue weighted by molar-refractivity contribution is 0.0688. The molecule has 0 aliphatic heterocycles. The van der Waals surface area contributed by atoms with Gasteiger partial charge in [0.15, 0.2) is 5.69 Å². The predicted octanol–water partition coefficient (Wildman–Crippen LogP) is 5.91. The quantitative estimate of drug-likeness (QED) is 0.530. The summed E-state index contributed by atoms with van der Waals surface area (Å²) in [5.74, 6) is -1.05. The van der Waals surface area contributed by atoms with E-state index in [0.29, 0.717) is 33.6 Å². The minimum atomic E-state index is -1.05. The van der Waals surface area contributed by atoms with E-state index in [1.807, 2.05) is 18.2 Å². The molecule has 0 radical (unpaired) electrons. The molecule has 3 aromatic rings. The summed E-state index contributed by atoms with van der Waals surface area (Å²) in [6.07, 6.45) is 0.536. The molecule has 2 aromatic carbocycles. The summed E-state index contributed by atoms with van der Waals surface area (Å²) < 4.78 is 1.68. The molecular weight excluding hydrogens is 430 g/mol. The fourth-order valence-electron chi connectivity index (χ4n) is 2.75. The van der Waals surface area contributed by atoms with Crippen LogP contribution in [0.15, 0.2) is 42.5 Å². The summed E-state index contributed by atoms with van der Waals surface area (Å²) >= 11 is 18.1. The van der Waals surface area contributed by atoms with E-state index in [4.69, 9.17) is 34.8 Å². The molecule has 0 bridgehead atoms. The van der Waals surface area contributed by atoms with Crippen molar-refractivity contribution in [1.29, 1.82) is 0 Å². The van der Waals surface area contributed by atoms with E-state index in [2.05, 4.69) is 5.10 Å². The summed E-state index contributed by atoms with van der Waals surface area (Å²) in [5, 5.41) is 15.4. The molecule has 0 aliphatic rings. The van der Waals surface area contributed by atoms with Crippen LogP contribution in [0, 0.1) is 6.92 Å². The molecule has 0 fully saturated rings. The Balaban J connectivity index is 0.00000261. The first-order valence-corrected chi connectivity index (χ1v) is 8.96. The molecule has 0 atom stereocenters. The number of hydrogen-bond donors (Lipinski definition) is 1. The van der Waals surface area contributed by atoms with Gasteiger partial charge in [-0.2, -0.15) is 5.10 Å². The molecular formula is C19H16Cl4N2O2. The van der Waals surface area contributed by atoms with Gasteiger partial charge in [-0.25, -0.2) is 4.79 Å². The highest BCUT2D eigenvalue weighted by Crippen LogP contribution is 2.25. The van der Waals surface area contributed by atoms with Crippen LogP contribution in [0.1, 0.15) is 32.9 Å². The van der Waals surface area contributed by atoms with Crippen LogP contribution in [0.4, 0.5) is 0 Å². The Bertz CT molecular complexity index is 969. The number of carboxylic acids is 1.